The maximum Gasteiger partial charge on any atom is 0.338 e. The maximum atomic E-state index is 14.4. The number of ether oxygens (including phenoxy) is 2. The Hall–Kier alpha value is -5.07. The number of nitro groups is 1. The van der Waals surface area contributed by atoms with E-state index in [0.717, 1.165) is 31.9 Å². The van der Waals surface area contributed by atoms with Gasteiger partial charge in [-0.25, -0.2) is 9.79 Å². The van der Waals surface area contributed by atoms with E-state index in [4.69, 9.17) is 14.5 Å². The molecule has 0 saturated carbocycles. The molecule has 0 spiro atoms. The van der Waals surface area contributed by atoms with Gasteiger partial charge in [-0.2, -0.15) is 0 Å². The second kappa shape index (κ2) is 13.1. The standard InChI is InChI=1S/C34H33N5O6S/c1-4-45-33(41)29-30(22-9-6-5-7-10-22)35-34-38(31(29)23-11-8-12-26(20-23)44-3)32(40)28(46-34)21-24-19-25(39(42)43)13-14-27(24)37-17-15-36(2)16-18-37/h5-14,19-21,31H,4,15-18H2,1-3H3/t31-/m1/s1. The first kappa shape index (κ1) is 30.9. The van der Waals surface area contributed by atoms with Gasteiger partial charge in [0.1, 0.15) is 5.75 Å². The molecule has 0 radical (unpaired) electrons. The number of thiazole rings is 1. The van der Waals surface area contributed by atoms with Crippen molar-refractivity contribution in [3.05, 3.63) is 125 Å². The van der Waals surface area contributed by atoms with Gasteiger partial charge in [-0.15, -0.1) is 0 Å². The maximum absolute atomic E-state index is 14.4. The van der Waals surface area contributed by atoms with Crippen molar-refractivity contribution in [1.82, 2.24) is 9.47 Å². The summed E-state index contributed by atoms with van der Waals surface area (Å²) in [6, 6.07) is 20.4. The van der Waals surface area contributed by atoms with Gasteiger partial charge in [0.05, 0.1) is 40.5 Å². The number of carbonyl (C=O) groups excluding carboxylic acids is 1. The number of non-ortho nitro benzene ring substituents is 1. The second-order valence-electron chi connectivity index (χ2n) is 11.0. The smallest absolute Gasteiger partial charge is 0.338 e. The summed E-state index contributed by atoms with van der Waals surface area (Å²) < 4.78 is 12.9. The van der Waals surface area contributed by atoms with E-state index < -0.39 is 16.9 Å². The largest absolute Gasteiger partial charge is 0.497 e. The van der Waals surface area contributed by atoms with Gasteiger partial charge in [-0.1, -0.05) is 53.8 Å². The summed E-state index contributed by atoms with van der Waals surface area (Å²) in [5.41, 5.74) is 2.92. The average Bonchev–Trinajstić information content (AvgIpc) is 3.38. The van der Waals surface area contributed by atoms with Crippen LogP contribution in [0.3, 0.4) is 0 Å². The van der Waals surface area contributed by atoms with Crippen LogP contribution < -0.4 is 24.5 Å². The third kappa shape index (κ3) is 5.96. The monoisotopic (exact) mass is 639 g/mol. The van der Waals surface area contributed by atoms with Crippen LogP contribution in [0.1, 0.15) is 29.7 Å². The summed E-state index contributed by atoms with van der Waals surface area (Å²) in [5, 5.41) is 11.8. The lowest BCUT2D eigenvalue weighted by molar-refractivity contribution is -0.384. The van der Waals surface area contributed by atoms with E-state index in [1.165, 1.54) is 28.0 Å². The highest BCUT2D eigenvalue weighted by molar-refractivity contribution is 7.07. The number of esters is 1. The average molecular weight is 640 g/mol. The molecule has 6 rings (SSSR count). The summed E-state index contributed by atoms with van der Waals surface area (Å²) >= 11 is 1.17. The van der Waals surface area contributed by atoms with Crippen molar-refractivity contribution in [2.24, 2.45) is 4.99 Å². The molecule has 1 fully saturated rings. The van der Waals surface area contributed by atoms with Crippen LogP contribution in [0.2, 0.25) is 0 Å². The van der Waals surface area contributed by atoms with E-state index in [0.29, 0.717) is 37.5 Å². The Kier molecular flexibility index (Phi) is 8.82. The number of anilines is 1. The molecule has 236 valence electrons. The normalized spacial score (nSPS) is 17.0. The van der Waals surface area contributed by atoms with E-state index in [-0.39, 0.29) is 23.4 Å². The van der Waals surface area contributed by atoms with E-state index in [1.54, 1.807) is 44.4 Å². The number of nitro benzene ring substituents is 1. The molecular formula is C34H33N5O6S. The molecule has 1 aromatic heterocycles. The van der Waals surface area contributed by atoms with Gasteiger partial charge in [0, 0.05) is 55.1 Å². The molecule has 4 aromatic rings. The van der Waals surface area contributed by atoms with Crippen LogP contribution >= 0.6 is 11.3 Å². The fraction of sp³-hybridized carbons (Fsp3) is 0.265. The molecule has 0 aliphatic carbocycles. The molecule has 46 heavy (non-hydrogen) atoms. The van der Waals surface area contributed by atoms with Gasteiger partial charge >= 0.3 is 5.97 Å². The molecule has 11 nitrogen and oxygen atoms in total. The SMILES string of the molecule is CCOC(=O)C1=C(c2ccccc2)N=c2sc(=Cc3cc([N+](=O)[O-])ccc3N3CCN(C)CC3)c(=O)n2[C@@H]1c1cccc(OC)c1. The Morgan fingerprint density at radius 3 is 2.52 bits per heavy atom. The van der Waals surface area contributed by atoms with Crippen LogP contribution in [-0.2, 0) is 9.53 Å². The van der Waals surface area contributed by atoms with Gasteiger partial charge in [-0.3, -0.25) is 19.5 Å². The highest BCUT2D eigenvalue weighted by atomic mass is 32.1. The highest BCUT2D eigenvalue weighted by Crippen LogP contribution is 2.36. The van der Waals surface area contributed by atoms with Crippen LogP contribution in [-0.4, -0.2) is 67.3 Å². The predicted octanol–water partition coefficient (Wildman–Crippen LogP) is 3.60. The Morgan fingerprint density at radius 2 is 1.83 bits per heavy atom. The van der Waals surface area contributed by atoms with Gasteiger partial charge in [0.25, 0.3) is 11.2 Å². The number of carbonyl (C=O) groups is 1. The fourth-order valence-corrected chi connectivity index (χ4v) is 6.81. The number of benzene rings is 3. The molecule has 0 amide bonds. The predicted molar refractivity (Wildman–Crippen MR) is 177 cm³/mol. The molecular weight excluding hydrogens is 606 g/mol. The molecule has 12 heteroatoms. The number of hydrogen-bond donors (Lipinski definition) is 0. The first-order chi connectivity index (χ1) is 22.3. The zero-order valence-electron chi connectivity index (χ0n) is 25.7. The Bertz CT molecular complexity index is 2010. The van der Waals surface area contributed by atoms with Crippen LogP contribution in [0.15, 0.2) is 88.2 Å². The van der Waals surface area contributed by atoms with Gasteiger partial charge < -0.3 is 19.3 Å². The summed E-state index contributed by atoms with van der Waals surface area (Å²) in [5.74, 6) is -0.0160. The zero-order chi connectivity index (χ0) is 32.4. The van der Waals surface area contributed by atoms with Crippen molar-refractivity contribution in [3.8, 4) is 5.75 Å². The third-order valence-electron chi connectivity index (χ3n) is 8.14. The number of rotatable bonds is 8. The summed E-state index contributed by atoms with van der Waals surface area (Å²) in [7, 11) is 3.61. The van der Waals surface area contributed by atoms with Crippen LogP contribution in [0.25, 0.3) is 11.8 Å². The van der Waals surface area contributed by atoms with Gasteiger partial charge in [0.15, 0.2) is 4.80 Å². The molecule has 3 heterocycles. The number of nitrogens with zero attached hydrogens (tertiary/aromatic N) is 5. The lowest BCUT2D eigenvalue weighted by Gasteiger charge is -2.34. The van der Waals surface area contributed by atoms with Crippen LogP contribution in [0.5, 0.6) is 5.75 Å². The molecule has 0 unspecified atom stereocenters. The molecule has 3 aromatic carbocycles. The lowest BCUT2D eigenvalue weighted by Crippen LogP contribution is -2.44. The second-order valence-corrected chi connectivity index (χ2v) is 12.0. The number of methoxy groups -OCH3 is 1. The third-order valence-corrected chi connectivity index (χ3v) is 9.12. The first-order valence-corrected chi connectivity index (χ1v) is 15.7. The Labute approximate surface area is 269 Å². The minimum absolute atomic E-state index is 0.0675. The van der Waals surface area contributed by atoms with E-state index in [1.807, 2.05) is 36.4 Å². The number of aromatic nitrogens is 1. The fourth-order valence-electron chi connectivity index (χ4n) is 5.82. The zero-order valence-corrected chi connectivity index (χ0v) is 26.5. The number of fused-ring (bicyclic) bond motifs is 1. The number of hydrogen-bond acceptors (Lipinski definition) is 10. The summed E-state index contributed by atoms with van der Waals surface area (Å²) in [4.78, 5) is 49.1. The summed E-state index contributed by atoms with van der Waals surface area (Å²) in [6.45, 7) is 5.05. The Balaban J connectivity index is 1.61. The van der Waals surface area contributed by atoms with Gasteiger partial charge in [0.2, 0.25) is 0 Å². The molecule has 1 saturated heterocycles. The van der Waals surface area contributed by atoms with E-state index in [9.17, 15) is 19.7 Å². The van der Waals surface area contributed by atoms with Crippen LogP contribution in [0.4, 0.5) is 11.4 Å². The molecule has 0 bridgehead atoms. The van der Waals surface area contributed by atoms with E-state index >= 15 is 0 Å². The molecule has 0 N–H and O–H groups in total. The van der Waals surface area contributed by atoms with Crippen molar-refractivity contribution in [2.45, 2.75) is 13.0 Å². The van der Waals surface area contributed by atoms with Crippen molar-refractivity contribution in [2.75, 3.05) is 51.8 Å². The highest BCUT2D eigenvalue weighted by Gasteiger charge is 2.35. The number of likely N-dealkylation sites (N-methyl/N-ethyl adjacent to an activating group) is 1. The molecule has 2 aliphatic heterocycles. The quantitative estimate of drug-likeness (QED) is 0.163. The van der Waals surface area contributed by atoms with Crippen molar-refractivity contribution in [3.63, 3.8) is 0 Å². The summed E-state index contributed by atoms with van der Waals surface area (Å²) in [6.07, 6.45) is 1.70. The minimum atomic E-state index is -0.870. The first-order valence-electron chi connectivity index (χ1n) is 14.9. The molecule has 1 atom stereocenters. The Morgan fingerprint density at radius 1 is 1.07 bits per heavy atom. The lowest BCUT2D eigenvalue weighted by atomic mass is 9.93. The van der Waals surface area contributed by atoms with Crippen molar-refractivity contribution < 1.29 is 19.2 Å². The minimum Gasteiger partial charge on any atom is -0.497 e. The van der Waals surface area contributed by atoms with Crippen LogP contribution in [0, 0.1) is 10.1 Å². The molecule has 2 aliphatic rings. The van der Waals surface area contributed by atoms with E-state index in [2.05, 4.69) is 16.8 Å². The van der Waals surface area contributed by atoms with Crippen molar-refractivity contribution >= 4 is 40.5 Å². The topological polar surface area (TPSA) is 120 Å². The van der Waals surface area contributed by atoms with Crippen molar-refractivity contribution in [1.29, 1.82) is 0 Å². The van der Waals surface area contributed by atoms with Gasteiger partial charge in [-0.05, 0) is 43.8 Å². The number of piperazine rings is 1.